The maximum absolute atomic E-state index is 17.3. The Labute approximate surface area is 262 Å². The SMILES string of the molecule is Cn1cc2c(n1)c(-c1cccc3oc(N)c(C#N)c13)c(F)c1nc(OC[C@@]34CCCN3C[C@H](F)C4)nc(N3CC4CCC(C3)N4)c12. The molecular weight excluding hydrogens is 592 g/mol. The maximum Gasteiger partial charge on any atom is 0.319 e. The molecule has 4 aliphatic heterocycles. The van der Waals surface area contributed by atoms with Crippen LogP contribution in [0, 0.1) is 17.1 Å². The lowest BCUT2D eigenvalue weighted by Crippen LogP contribution is -2.51. The van der Waals surface area contributed by atoms with Crippen LogP contribution in [0.2, 0.25) is 0 Å². The predicted octanol–water partition coefficient (Wildman–Crippen LogP) is 4.42. The first-order valence-electron chi connectivity index (χ1n) is 15.9. The van der Waals surface area contributed by atoms with E-state index in [1.165, 1.54) is 0 Å². The highest BCUT2D eigenvalue weighted by molar-refractivity contribution is 6.18. The van der Waals surface area contributed by atoms with Gasteiger partial charge in [-0.15, -0.1) is 0 Å². The maximum atomic E-state index is 17.3. The molecule has 236 valence electrons. The second-order valence-electron chi connectivity index (χ2n) is 13.3. The van der Waals surface area contributed by atoms with E-state index in [0.29, 0.717) is 76.8 Å². The van der Waals surface area contributed by atoms with Crippen molar-refractivity contribution in [3.05, 3.63) is 35.8 Å². The molecule has 9 rings (SSSR count). The Kier molecular flexibility index (Phi) is 6.02. The smallest absolute Gasteiger partial charge is 0.319 e. The van der Waals surface area contributed by atoms with Crippen LogP contribution in [0.4, 0.5) is 20.5 Å². The number of rotatable bonds is 5. The molecule has 46 heavy (non-hydrogen) atoms. The van der Waals surface area contributed by atoms with Crippen LogP contribution in [-0.4, -0.2) is 81.2 Å². The normalized spacial score (nSPS) is 26.0. The molecular formula is C33H33F2N9O2. The van der Waals surface area contributed by atoms with Crippen molar-refractivity contribution in [3.63, 3.8) is 0 Å². The van der Waals surface area contributed by atoms with Gasteiger partial charge in [-0.3, -0.25) is 9.58 Å². The first-order valence-corrected chi connectivity index (χ1v) is 15.9. The standard InChI is InChI=1S/C33H33F2N9O2/c1-42-15-22-26-29(27(35)25(28(22)41-42)20-4-2-5-23-24(20)21(11-36)30(37)46-23)39-32(40-31(26)43-13-18-6-7-19(14-43)38-18)45-16-33-8-3-9-44(33)12-17(34)10-33/h2,4-5,15,17-19,38H,3,6-10,12-14,16,37H2,1H3/t17-,18?,19?,33+/m1/s1. The summed E-state index contributed by atoms with van der Waals surface area (Å²) in [6.45, 7) is 2.90. The molecule has 4 aliphatic rings. The summed E-state index contributed by atoms with van der Waals surface area (Å²) >= 11 is 0. The average Bonchev–Trinajstić information content (AvgIpc) is 3.83. The zero-order valence-corrected chi connectivity index (χ0v) is 25.4. The predicted molar refractivity (Wildman–Crippen MR) is 169 cm³/mol. The number of ether oxygens (including phenoxy) is 1. The van der Waals surface area contributed by atoms with Gasteiger partial charge in [-0.05, 0) is 43.9 Å². The molecule has 3 aromatic heterocycles. The lowest BCUT2D eigenvalue weighted by Gasteiger charge is -2.35. The van der Waals surface area contributed by atoms with Gasteiger partial charge in [0, 0.05) is 67.7 Å². The number of nitrogens with one attached hydrogen (secondary N) is 1. The Morgan fingerprint density at radius 1 is 1.17 bits per heavy atom. The molecule has 0 radical (unpaired) electrons. The molecule has 3 N–H and O–H groups in total. The Morgan fingerprint density at radius 2 is 2.00 bits per heavy atom. The third-order valence-electron chi connectivity index (χ3n) is 10.5. The Morgan fingerprint density at radius 3 is 2.80 bits per heavy atom. The summed E-state index contributed by atoms with van der Waals surface area (Å²) in [5.41, 5.74) is 7.31. The number of alkyl halides is 1. The van der Waals surface area contributed by atoms with Gasteiger partial charge in [-0.1, -0.05) is 12.1 Å². The van der Waals surface area contributed by atoms with Crippen LogP contribution in [0.15, 0.2) is 28.8 Å². The Balaban J connectivity index is 1.28. The van der Waals surface area contributed by atoms with E-state index in [1.54, 1.807) is 29.9 Å². The fourth-order valence-electron chi connectivity index (χ4n) is 8.56. The molecule has 0 aliphatic carbocycles. The quantitative estimate of drug-likeness (QED) is 0.289. The monoisotopic (exact) mass is 625 g/mol. The van der Waals surface area contributed by atoms with Crippen molar-refractivity contribution in [1.29, 1.82) is 5.26 Å². The van der Waals surface area contributed by atoms with Crippen molar-refractivity contribution >= 4 is 44.5 Å². The van der Waals surface area contributed by atoms with E-state index in [4.69, 9.17) is 30.0 Å². The largest absolute Gasteiger partial charge is 0.461 e. The summed E-state index contributed by atoms with van der Waals surface area (Å²) in [4.78, 5) is 14.1. The summed E-state index contributed by atoms with van der Waals surface area (Å²) in [5.74, 6) is -0.0324. The number of nitriles is 1. The third kappa shape index (κ3) is 4.02. The molecule has 2 bridgehead atoms. The number of nitrogens with zero attached hydrogens (tertiary/aromatic N) is 7. The third-order valence-corrected chi connectivity index (χ3v) is 10.5. The average molecular weight is 626 g/mol. The van der Waals surface area contributed by atoms with Crippen molar-refractivity contribution in [2.24, 2.45) is 7.05 Å². The van der Waals surface area contributed by atoms with E-state index in [1.807, 2.05) is 6.20 Å². The number of hydrogen-bond acceptors (Lipinski definition) is 10. The van der Waals surface area contributed by atoms with Crippen LogP contribution in [0.3, 0.4) is 0 Å². The number of nitrogen functional groups attached to an aromatic ring is 1. The number of halogens is 2. The molecule has 2 aromatic carbocycles. The van der Waals surface area contributed by atoms with Crippen molar-refractivity contribution < 1.29 is 17.9 Å². The summed E-state index contributed by atoms with van der Waals surface area (Å²) in [6, 6.07) is 7.98. The molecule has 4 saturated heterocycles. The van der Waals surface area contributed by atoms with Gasteiger partial charge < -0.3 is 25.1 Å². The van der Waals surface area contributed by atoms with Crippen LogP contribution < -0.4 is 20.7 Å². The summed E-state index contributed by atoms with van der Waals surface area (Å²) in [5, 5.41) is 20.0. The van der Waals surface area contributed by atoms with Gasteiger partial charge in [-0.25, -0.2) is 8.78 Å². The minimum atomic E-state index is -0.898. The number of aromatic nitrogens is 4. The lowest BCUT2D eigenvalue weighted by molar-refractivity contribution is 0.107. The second-order valence-corrected chi connectivity index (χ2v) is 13.3. The fourth-order valence-corrected chi connectivity index (χ4v) is 8.56. The van der Waals surface area contributed by atoms with Crippen molar-refractivity contribution in [2.45, 2.75) is 55.9 Å². The first-order chi connectivity index (χ1) is 22.3. The number of nitrogens with two attached hydrogens (primary N) is 1. The zero-order valence-electron chi connectivity index (χ0n) is 25.4. The van der Waals surface area contributed by atoms with Crippen molar-refractivity contribution in [3.8, 4) is 23.2 Å². The molecule has 5 aromatic rings. The van der Waals surface area contributed by atoms with Gasteiger partial charge in [0.2, 0.25) is 5.88 Å². The van der Waals surface area contributed by atoms with Gasteiger partial charge in [0.15, 0.2) is 5.82 Å². The summed E-state index contributed by atoms with van der Waals surface area (Å²) < 4.78 is 45.6. The molecule has 11 nitrogen and oxygen atoms in total. The van der Waals surface area contributed by atoms with E-state index in [-0.39, 0.29) is 35.1 Å². The molecule has 4 fully saturated rings. The van der Waals surface area contributed by atoms with Crippen molar-refractivity contribution in [1.82, 2.24) is 30.0 Å². The van der Waals surface area contributed by atoms with Gasteiger partial charge in [0.1, 0.15) is 46.8 Å². The minimum Gasteiger partial charge on any atom is -0.461 e. The number of hydrogen-bond donors (Lipinski definition) is 2. The van der Waals surface area contributed by atoms with Gasteiger partial charge in [0.05, 0.1) is 10.9 Å². The number of aryl methyl sites for hydroxylation is 1. The molecule has 0 saturated carbocycles. The van der Waals surface area contributed by atoms with Crippen molar-refractivity contribution in [2.75, 3.05) is 43.4 Å². The second kappa shape index (κ2) is 9.98. The van der Waals surface area contributed by atoms with E-state index < -0.39 is 17.5 Å². The Bertz CT molecular complexity index is 2090. The summed E-state index contributed by atoms with van der Waals surface area (Å²) in [6.07, 6.45) is 5.31. The van der Waals surface area contributed by atoms with Gasteiger partial charge in [-0.2, -0.15) is 20.3 Å². The lowest BCUT2D eigenvalue weighted by atomic mass is 9.94. The summed E-state index contributed by atoms with van der Waals surface area (Å²) in [7, 11) is 1.79. The van der Waals surface area contributed by atoms with E-state index in [9.17, 15) is 9.65 Å². The minimum absolute atomic E-state index is 0.0280. The zero-order chi connectivity index (χ0) is 31.3. The molecule has 0 spiro atoms. The molecule has 2 unspecified atom stereocenters. The first kappa shape index (κ1) is 27.7. The Hall–Kier alpha value is -4.54. The van der Waals surface area contributed by atoms with E-state index in [2.05, 4.69) is 21.2 Å². The molecule has 13 heteroatoms. The number of piperazine rings is 1. The molecule has 0 amide bonds. The van der Waals surface area contributed by atoms with Crippen LogP contribution in [0.5, 0.6) is 6.01 Å². The molecule has 4 atom stereocenters. The van der Waals surface area contributed by atoms with Crippen LogP contribution in [0.1, 0.15) is 37.7 Å². The van der Waals surface area contributed by atoms with Crippen LogP contribution >= 0.6 is 0 Å². The van der Waals surface area contributed by atoms with E-state index >= 15 is 4.39 Å². The van der Waals surface area contributed by atoms with E-state index in [0.717, 1.165) is 32.2 Å². The van der Waals surface area contributed by atoms with Crippen LogP contribution in [0.25, 0.3) is 43.9 Å². The highest BCUT2D eigenvalue weighted by Gasteiger charge is 2.49. The topological polar surface area (TPSA) is 134 Å². The number of anilines is 2. The highest BCUT2D eigenvalue weighted by Crippen LogP contribution is 2.45. The fraction of sp³-hybridized carbons (Fsp3) is 0.455. The highest BCUT2D eigenvalue weighted by atomic mass is 19.1. The molecule has 7 heterocycles. The van der Waals surface area contributed by atoms with Gasteiger partial charge in [0.25, 0.3) is 0 Å². The van der Waals surface area contributed by atoms with Crippen LogP contribution in [-0.2, 0) is 7.05 Å². The number of benzene rings is 2. The van der Waals surface area contributed by atoms with Gasteiger partial charge >= 0.3 is 6.01 Å². The number of fused-ring (bicyclic) bond motifs is 7. The number of furan rings is 1.